The number of piperazine rings is 1. The molecule has 9 nitrogen and oxygen atoms in total. The molecule has 1 amide bonds. The van der Waals surface area contributed by atoms with Crippen molar-refractivity contribution in [2.24, 2.45) is 0 Å². The topological polar surface area (TPSA) is 98.2 Å². The van der Waals surface area contributed by atoms with Gasteiger partial charge in [0.25, 0.3) is 5.91 Å². The van der Waals surface area contributed by atoms with Crippen molar-refractivity contribution < 1.29 is 19.4 Å². The molecule has 2 aliphatic rings. The SMILES string of the molecule is COC(=O)C1=C(Nc2ccc3nc(CN4CCN(C)CC4)ccc3c2)C(=O)N(CCO)C1. The number of methoxy groups -OCH3 is 1. The second-order valence-corrected chi connectivity index (χ2v) is 8.21. The van der Waals surface area contributed by atoms with Crippen LogP contribution in [0.25, 0.3) is 10.9 Å². The van der Waals surface area contributed by atoms with E-state index in [1.54, 1.807) is 0 Å². The summed E-state index contributed by atoms with van der Waals surface area (Å²) in [6.07, 6.45) is 0. The fraction of sp³-hybridized carbons (Fsp3) is 0.435. The number of hydrogen-bond donors (Lipinski definition) is 2. The number of esters is 1. The predicted octanol–water partition coefficient (Wildman–Crippen LogP) is 0.656. The van der Waals surface area contributed by atoms with Gasteiger partial charge in [0.05, 0.1) is 37.0 Å². The molecule has 170 valence electrons. The Bertz CT molecular complexity index is 1050. The molecule has 0 radical (unpaired) electrons. The van der Waals surface area contributed by atoms with E-state index in [9.17, 15) is 14.7 Å². The summed E-state index contributed by atoms with van der Waals surface area (Å²) in [7, 11) is 3.43. The van der Waals surface area contributed by atoms with Crippen molar-refractivity contribution >= 4 is 28.5 Å². The van der Waals surface area contributed by atoms with Crippen molar-refractivity contribution in [2.75, 3.05) is 65.3 Å². The summed E-state index contributed by atoms with van der Waals surface area (Å²) in [5, 5.41) is 13.2. The van der Waals surface area contributed by atoms with Gasteiger partial charge in [-0.15, -0.1) is 0 Å². The number of fused-ring (bicyclic) bond motifs is 1. The van der Waals surface area contributed by atoms with Gasteiger partial charge in [0.1, 0.15) is 5.70 Å². The molecule has 0 unspecified atom stereocenters. The quantitative estimate of drug-likeness (QED) is 0.607. The second-order valence-electron chi connectivity index (χ2n) is 8.21. The number of rotatable bonds is 7. The van der Waals surface area contributed by atoms with E-state index < -0.39 is 5.97 Å². The number of pyridine rings is 1. The molecule has 2 aliphatic heterocycles. The summed E-state index contributed by atoms with van der Waals surface area (Å²) in [5.74, 6) is -0.891. The number of nitrogens with one attached hydrogen (secondary N) is 1. The number of hydrogen-bond acceptors (Lipinski definition) is 8. The van der Waals surface area contributed by atoms with Crippen LogP contribution in [-0.2, 0) is 20.9 Å². The Morgan fingerprint density at radius 1 is 1.19 bits per heavy atom. The minimum atomic E-state index is -0.558. The van der Waals surface area contributed by atoms with E-state index in [2.05, 4.69) is 22.2 Å². The zero-order valence-corrected chi connectivity index (χ0v) is 18.5. The van der Waals surface area contributed by atoms with Gasteiger partial charge in [0, 0.05) is 50.3 Å². The van der Waals surface area contributed by atoms with Crippen LogP contribution >= 0.6 is 0 Å². The number of likely N-dealkylation sites (N-methyl/N-ethyl adjacent to an activating group) is 1. The monoisotopic (exact) mass is 439 g/mol. The number of carbonyl (C=O) groups is 2. The highest BCUT2D eigenvalue weighted by molar-refractivity contribution is 6.08. The first-order valence-electron chi connectivity index (χ1n) is 10.8. The normalized spacial score (nSPS) is 18.0. The molecule has 32 heavy (non-hydrogen) atoms. The van der Waals surface area contributed by atoms with Crippen LogP contribution in [0.1, 0.15) is 5.69 Å². The smallest absolute Gasteiger partial charge is 0.337 e. The first-order chi connectivity index (χ1) is 15.5. The number of aromatic nitrogens is 1. The number of aliphatic hydroxyl groups excluding tert-OH is 1. The van der Waals surface area contributed by atoms with E-state index in [4.69, 9.17) is 9.72 Å². The van der Waals surface area contributed by atoms with Crippen LogP contribution < -0.4 is 5.32 Å². The number of anilines is 1. The Hall–Kier alpha value is -3.01. The number of β-amino-alcohol motifs (C(OH)–C–C–N with tert-alkyl or cyclic N) is 1. The number of aliphatic hydroxyl groups is 1. The van der Waals surface area contributed by atoms with Crippen molar-refractivity contribution in [1.82, 2.24) is 19.7 Å². The molecular formula is C23H29N5O4. The fourth-order valence-electron chi connectivity index (χ4n) is 4.06. The summed E-state index contributed by atoms with van der Waals surface area (Å²) >= 11 is 0. The average molecular weight is 440 g/mol. The number of nitrogens with zero attached hydrogens (tertiary/aromatic N) is 4. The molecule has 0 aliphatic carbocycles. The van der Waals surface area contributed by atoms with Crippen molar-refractivity contribution in [3.63, 3.8) is 0 Å². The first kappa shape index (κ1) is 22.2. The van der Waals surface area contributed by atoms with Crippen LogP contribution in [0.3, 0.4) is 0 Å². The first-order valence-corrected chi connectivity index (χ1v) is 10.8. The van der Waals surface area contributed by atoms with Crippen LogP contribution in [0.4, 0.5) is 5.69 Å². The average Bonchev–Trinajstić information content (AvgIpc) is 3.10. The van der Waals surface area contributed by atoms with E-state index in [1.165, 1.54) is 12.0 Å². The molecule has 1 aromatic heterocycles. The van der Waals surface area contributed by atoms with Gasteiger partial charge in [0.2, 0.25) is 0 Å². The van der Waals surface area contributed by atoms with Crippen LogP contribution in [0.5, 0.6) is 0 Å². The number of amides is 1. The number of carbonyl (C=O) groups excluding carboxylic acids is 2. The van der Waals surface area contributed by atoms with E-state index >= 15 is 0 Å². The number of ether oxygens (including phenoxy) is 1. The maximum absolute atomic E-state index is 12.7. The van der Waals surface area contributed by atoms with Crippen LogP contribution in [0, 0.1) is 0 Å². The van der Waals surface area contributed by atoms with Crippen molar-refractivity contribution in [3.8, 4) is 0 Å². The molecular weight excluding hydrogens is 410 g/mol. The minimum Gasteiger partial charge on any atom is -0.466 e. The Morgan fingerprint density at radius 2 is 1.97 bits per heavy atom. The highest BCUT2D eigenvalue weighted by Crippen LogP contribution is 2.25. The van der Waals surface area contributed by atoms with Crippen molar-refractivity contribution in [1.29, 1.82) is 0 Å². The lowest BCUT2D eigenvalue weighted by Gasteiger charge is -2.32. The van der Waals surface area contributed by atoms with E-state index in [0.717, 1.165) is 49.3 Å². The van der Waals surface area contributed by atoms with E-state index in [1.807, 2.05) is 30.3 Å². The van der Waals surface area contributed by atoms with Gasteiger partial charge < -0.3 is 25.0 Å². The Labute approximate surface area is 187 Å². The van der Waals surface area contributed by atoms with E-state index in [-0.39, 0.29) is 36.9 Å². The van der Waals surface area contributed by atoms with Crippen LogP contribution in [0.2, 0.25) is 0 Å². The maximum Gasteiger partial charge on any atom is 0.337 e. The third-order valence-electron chi connectivity index (χ3n) is 5.95. The Kier molecular flexibility index (Phi) is 6.69. The predicted molar refractivity (Wildman–Crippen MR) is 121 cm³/mol. The van der Waals surface area contributed by atoms with Crippen LogP contribution in [-0.4, -0.2) is 96.7 Å². The molecule has 1 fully saturated rings. The third kappa shape index (κ3) is 4.74. The lowest BCUT2D eigenvalue weighted by atomic mass is 10.1. The highest BCUT2D eigenvalue weighted by Gasteiger charge is 2.34. The molecule has 0 spiro atoms. The molecule has 9 heteroatoms. The van der Waals surface area contributed by atoms with Crippen molar-refractivity contribution in [3.05, 3.63) is 47.3 Å². The maximum atomic E-state index is 12.7. The minimum absolute atomic E-state index is 0.110. The van der Waals surface area contributed by atoms with Gasteiger partial charge in [-0.2, -0.15) is 0 Å². The van der Waals surface area contributed by atoms with E-state index in [0.29, 0.717) is 5.69 Å². The van der Waals surface area contributed by atoms with Gasteiger partial charge in [-0.3, -0.25) is 14.7 Å². The second kappa shape index (κ2) is 9.64. The highest BCUT2D eigenvalue weighted by atomic mass is 16.5. The van der Waals surface area contributed by atoms with Crippen LogP contribution in [0.15, 0.2) is 41.6 Å². The van der Waals surface area contributed by atoms with Gasteiger partial charge >= 0.3 is 5.97 Å². The number of benzene rings is 1. The fourth-order valence-corrected chi connectivity index (χ4v) is 4.06. The largest absolute Gasteiger partial charge is 0.466 e. The Morgan fingerprint density at radius 3 is 2.69 bits per heavy atom. The van der Waals surface area contributed by atoms with Gasteiger partial charge in [0.15, 0.2) is 0 Å². The van der Waals surface area contributed by atoms with Gasteiger partial charge in [-0.25, -0.2) is 4.79 Å². The molecule has 2 aromatic rings. The molecule has 0 saturated carbocycles. The molecule has 0 bridgehead atoms. The lowest BCUT2D eigenvalue weighted by Crippen LogP contribution is -2.43. The standard InChI is InChI=1S/C23H29N5O4/c1-26-7-9-27(10-8-26)14-18-4-3-16-13-17(5-6-20(16)24-18)25-21-19(23(31)32-2)15-28(11-12-29)22(21)30/h3-6,13,25,29H,7-12,14-15H2,1-2H3. The zero-order valence-electron chi connectivity index (χ0n) is 18.5. The van der Waals surface area contributed by atoms with Gasteiger partial charge in [-0.1, -0.05) is 6.07 Å². The zero-order chi connectivity index (χ0) is 22.7. The molecule has 4 rings (SSSR count). The van der Waals surface area contributed by atoms with Crippen molar-refractivity contribution in [2.45, 2.75) is 6.54 Å². The summed E-state index contributed by atoms with van der Waals surface area (Å²) in [5.41, 5.74) is 3.03. The van der Waals surface area contributed by atoms with Gasteiger partial charge in [-0.05, 0) is 31.3 Å². The molecule has 1 saturated heterocycles. The summed E-state index contributed by atoms with van der Waals surface area (Å²) in [6.45, 7) is 5.14. The molecule has 2 N–H and O–H groups in total. The lowest BCUT2D eigenvalue weighted by molar-refractivity contribution is -0.136. The summed E-state index contributed by atoms with van der Waals surface area (Å²) in [6, 6.07) is 9.73. The molecule has 3 heterocycles. The summed E-state index contributed by atoms with van der Waals surface area (Å²) in [4.78, 5) is 35.8. The third-order valence-corrected chi connectivity index (χ3v) is 5.95. The molecule has 0 atom stereocenters. The Balaban J connectivity index is 1.52. The summed E-state index contributed by atoms with van der Waals surface area (Å²) < 4.78 is 4.83. The molecule has 1 aromatic carbocycles.